The largest absolute Gasteiger partial charge is 0.208 e. The number of benzene rings is 5. The van der Waals surface area contributed by atoms with Gasteiger partial charge in [0, 0.05) is 22.1 Å². The lowest BCUT2D eigenvalue weighted by Gasteiger charge is -2.61. The number of hydrogen-bond acceptors (Lipinski definition) is 3. The minimum atomic E-state index is 0.182. The topological polar surface area (TPSA) is 38.7 Å². The quantitative estimate of drug-likeness (QED) is 0.204. The second kappa shape index (κ2) is 10.1. The molecule has 11 rings (SSSR count). The van der Waals surface area contributed by atoms with Crippen LogP contribution in [-0.4, -0.2) is 15.0 Å². The molecule has 0 atom stereocenters. The van der Waals surface area contributed by atoms with Crippen molar-refractivity contribution in [1.29, 1.82) is 0 Å². The molecule has 4 fully saturated rings. The summed E-state index contributed by atoms with van der Waals surface area (Å²) in [4.78, 5) is 14.8. The third-order valence-corrected chi connectivity index (χ3v) is 11.7. The van der Waals surface area contributed by atoms with E-state index < -0.39 is 0 Å². The zero-order valence-electron chi connectivity index (χ0n) is 25.8. The fourth-order valence-electron chi connectivity index (χ4n) is 10.2. The van der Waals surface area contributed by atoms with Gasteiger partial charge in [0.1, 0.15) is 0 Å². The molecule has 6 aromatic rings. The number of hydrogen-bond donors (Lipinski definition) is 0. The van der Waals surface area contributed by atoms with Gasteiger partial charge in [0.2, 0.25) is 0 Å². The smallest absolute Gasteiger partial charge is 0.164 e. The first kappa shape index (κ1) is 26.3. The first-order valence-electron chi connectivity index (χ1n) is 17.0. The van der Waals surface area contributed by atoms with Crippen LogP contribution < -0.4 is 0 Å². The summed E-state index contributed by atoms with van der Waals surface area (Å²) in [6, 6.07) is 45.8. The second-order valence-electron chi connectivity index (χ2n) is 14.1. The van der Waals surface area contributed by atoms with Gasteiger partial charge < -0.3 is 0 Å². The van der Waals surface area contributed by atoms with Gasteiger partial charge in [-0.2, -0.15) is 0 Å². The highest BCUT2D eigenvalue weighted by molar-refractivity contribution is 5.93. The normalized spacial score (nSPS) is 25.0. The van der Waals surface area contributed by atoms with Gasteiger partial charge >= 0.3 is 0 Å². The first-order valence-corrected chi connectivity index (χ1v) is 17.0. The molecule has 4 saturated carbocycles. The first-order chi connectivity index (χ1) is 22.8. The minimum Gasteiger partial charge on any atom is -0.208 e. The second-order valence-corrected chi connectivity index (χ2v) is 14.1. The molecule has 0 unspecified atom stereocenters. The van der Waals surface area contributed by atoms with Crippen LogP contribution in [0.15, 0.2) is 127 Å². The third-order valence-electron chi connectivity index (χ3n) is 11.7. The highest BCUT2D eigenvalue weighted by Crippen LogP contribution is 2.70. The summed E-state index contributed by atoms with van der Waals surface area (Å²) in [5, 5.41) is 0. The Morgan fingerprint density at radius 2 is 0.848 bits per heavy atom. The van der Waals surface area contributed by atoms with Crippen LogP contribution >= 0.6 is 0 Å². The Labute approximate surface area is 270 Å². The van der Waals surface area contributed by atoms with Gasteiger partial charge in [0.25, 0.3) is 0 Å². The molecule has 0 saturated heterocycles. The molecule has 0 amide bonds. The molecule has 46 heavy (non-hydrogen) atoms. The van der Waals surface area contributed by atoms with Crippen LogP contribution in [0.2, 0.25) is 0 Å². The molecule has 1 heterocycles. The van der Waals surface area contributed by atoms with Crippen LogP contribution in [-0.2, 0) is 5.41 Å². The van der Waals surface area contributed by atoms with Crippen molar-refractivity contribution in [2.45, 2.75) is 37.5 Å². The van der Waals surface area contributed by atoms with E-state index in [4.69, 9.17) is 15.0 Å². The van der Waals surface area contributed by atoms with Gasteiger partial charge in [0.05, 0.1) is 0 Å². The van der Waals surface area contributed by atoms with Crippen molar-refractivity contribution in [3.63, 3.8) is 0 Å². The lowest BCUT2D eigenvalue weighted by Crippen LogP contribution is -2.55. The monoisotopic (exact) mass is 593 g/mol. The molecule has 3 nitrogen and oxygen atoms in total. The SMILES string of the molecule is c1ccc(-c2nc(-c3ccccc3)nc(-c3ccc(-c4cccc5c4-c4ccccc4C54C5CC6CC(C5)CC4C6)cc3)n2)cc1. The summed E-state index contributed by atoms with van der Waals surface area (Å²) in [7, 11) is 0. The van der Waals surface area contributed by atoms with Crippen molar-refractivity contribution in [1.82, 2.24) is 15.0 Å². The van der Waals surface area contributed by atoms with Gasteiger partial charge in [-0.05, 0) is 89.2 Å². The van der Waals surface area contributed by atoms with Gasteiger partial charge in [0.15, 0.2) is 17.5 Å². The summed E-state index contributed by atoms with van der Waals surface area (Å²) < 4.78 is 0. The Kier molecular flexibility index (Phi) is 5.76. The Morgan fingerprint density at radius 1 is 0.391 bits per heavy atom. The van der Waals surface area contributed by atoms with Crippen molar-refractivity contribution >= 4 is 0 Å². The van der Waals surface area contributed by atoms with Crippen LogP contribution in [0.5, 0.6) is 0 Å². The van der Waals surface area contributed by atoms with Crippen LogP contribution in [0.1, 0.15) is 43.2 Å². The summed E-state index contributed by atoms with van der Waals surface area (Å²) in [5.41, 5.74) is 11.9. The van der Waals surface area contributed by atoms with Crippen molar-refractivity contribution in [2.24, 2.45) is 23.7 Å². The highest BCUT2D eigenvalue weighted by atomic mass is 15.0. The molecule has 0 aliphatic heterocycles. The zero-order valence-corrected chi connectivity index (χ0v) is 25.8. The Morgan fingerprint density at radius 3 is 1.43 bits per heavy atom. The van der Waals surface area contributed by atoms with E-state index in [-0.39, 0.29) is 5.41 Å². The van der Waals surface area contributed by atoms with Crippen LogP contribution in [0, 0.1) is 23.7 Å². The van der Waals surface area contributed by atoms with E-state index in [1.807, 2.05) is 36.4 Å². The molecule has 5 aromatic carbocycles. The fraction of sp³-hybridized carbons (Fsp3) is 0.233. The lowest BCUT2D eigenvalue weighted by molar-refractivity contribution is -0.0399. The van der Waals surface area contributed by atoms with Gasteiger partial charge in [-0.15, -0.1) is 0 Å². The highest BCUT2D eigenvalue weighted by Gasteiger charge is 2.61. The molecular formula is C43H35N3. The predicted octanol–water partition coefficient (Wildman–Crippen LogP) is 10.3. The Balaban J connectivity index is 1.09. The van der Waals surface area contributed by atoms with E-state index in [9.17, 15) is 0 Å². The number of rotatable bonds is 4. The molecule has 3 heteroatoms. The van der Waals surface area contributed by atoms with Crippen LogP contribution in [0.25, 0.3) is 56.4 Å². The Hall–Kier alpha value is -4.89. The summed E-state index contributed by atoms with van der Waals surface area (Å²) in [5.74, 6) is 5.49. The standard InChI is InChI=1S/C43H35N3/c1-3-10-30(11-4-1)40-44-41(31-12-5-2-6-13-31)46-42(45-40)32-20-18-29(19-21-32)35-15-9-17-38-39(35)36-14-7-8-16-37(36)43(38)33-23-27-22-28(25-33)26-34(43)24-27/h1-21,27-28,33-34H,22-26H2. The Bertz CT molecular complexity index is 2010. The number of fused-ring (bicyclic) bond motifs is 3. The zero-order chi connectivity index (χ0) is 30.2. The van der Waals surface area contributed by atoms with Crippen molar-refractivity contribution in [3.05, 3.63) is 139 Å². The predicted molar refractivity (Wildman–Crippen MR) is 185 cm³/mol. The molecule has 1 spiro atoms. The van der Waals surface area contributed by atoms with Crippen molar-refractivity contribution in [2.75, 3.05) is 0 Å². The summed E-state index contributed by atoms with van der Waals surface area (Å²) >= 11 is 0. The lowest BCUT2D eigenvalue weighted by atomic mass is 9.43. The number of aromatic nitrogens is 3. The summed E-state index contributed by atoms with van der Waals surface area (Å²) in [6.07, 6.45) is 7.09. The van der Waals surface area contributed by atoms with Crippen LogP contribution in [0.3, 0.4) is 0 Å². The van der Waals surface area contributed by atoms with Crippen molar-refractivity contribution < 1.29 is 0 Å². The molecule has 0 N–H and O–H groups in total. The number of nitrogens with zero attached hydrogens (tertiary/aromatic N) is 3. The maximum atomic E-state index is 4.97. The van der Waals surface area contributed by atoms with E-state index in [1.165, 1.54) is 54.4 Å². The van der Waals surface area contributed by atoms with Gasteiger partial charge in [-0.1, -0.05) is 127 Å². The minimum absolute atomic E-state index is 0.182. The molecule has 4 bridgehead atoms. The molecule has 0 radical (unpaired) electrons. The maximum Gasteiger partial charge on any atom is 0.164 e. The average Bonchev–Trinajstić information content (AvgIpc) is 3.42. The van der Waals surface area contributed by atoms with E-state index in [0.717, 1.165) is 40.4 Å². The van der Waals surface area contributed by atoms with Crippen LogP contribution in [0.4, 0.5) is 0 Å². The van der Waals surface area contributed by atoms with E-state index in [0.29, 0.717) is 17.5 Å². The van der Waals surface area contributed by atoms with Gasteiger partial charge in [-0.25, -0.2) is 15.0 Å². The van der Waals surface area contributed by atoms with E-state index in [1.54, 1.807) is 11.1 Å². The van der Waals surface area contributed by atoms with E-state index in [2.05, 4.69) is 91.0 Å². The molecular weight excluding hydrogens is 558 g/mol. The molecule has 5 aliphatic carbocycles. The molecule has 222 valence electrons. The maximum absolute atomic E-state index is 4.97. The van der Waals surface area contributed by atoms with Gasteiger partial charge in [-0.3, -0.25) is 0 Å². The van der Waals surface area contributed by atoms with Crippen molar-refractivity contribution in [3.8, 4) is 56.4 Å². The fourth-order valence-corrected chi connectivity index (χ4v) is 10.2. The molecule has 5 aliphatic rings. The summed E-state index contributed by atoms with van der Waals surface area (Å²) in [6.45, 7) is 0. The average molecular weight is 594 g/mol. The molecule has 1 aromatic heterocycles. The van der Waals surface area contributed by atoms with E-state index >= 15 is 0 Å². The third kappa shape index (κ3) is 3.81.